The van der Waals surface area contributed by atoms with Gasteiger partial charge in [-0.25, -0.2) is 0 Å². The number of hydrogen-bond donors (Lipinski definition) is 0. The molecule has 14 aromatic rings. The third-order valence-corrected chi connectivity index (χ3v) is 16.0. The van der Waals surface area contributed by atoms with E-state index in [0.29, 0.717) is 5.92 Å². The van der Waals surface area contributed by atoms with Gasteiger partial charge in [-0.3, -0.25) is 0 Å². The second-order valence-electron chi connectivity index (χ2n) is 20.2. The zero-order valence-electron chi connectivity index (χ0n) is 41.9. The Kier molecular flexibility index (Phi) is 10.8. The summed E-state index contributed by atoms with van der Waals surface area (Å²) in [6, 6.07) is 90.5. The van der Waals surface area contributed by atoms with E-state index < -0.39 is 0 Å². The van der Waals surface area contributed by atoms with Gasteiger partial charge in [0.05, 0.1) is 0 Å². The van der Waals surface area contributed by atoms with Gasteiger partial charge in [-0.15, -0.1) is 6.58 Å². The third kappa shape index (κ3) is 7.52. The van der Waals surface area contributed by atoms with Crippen LogP contribution in [0.4, 0.5) is 0 Å². The Labute approximate surface area is 438 Å². The Morgan fingerprint density at radius 2 is 0.720 bits per heavy atom. The molecule has 0 N–H and O–H groups in total. The lowest BCUT2D eigenvalue weighted by molar-refractivity contribution is 0.865. The third-order valence-electron chi connectivity index (χ3n) is 16.0. The van der Waals surface area contributed by atoms with Crippen molar-refractivity contribution >= 4 is 81.0 Å². The van der Waals surface area contributed by atoms with Crippen LogP contribution >= 0.6 is 0 Å². The molecule has 14 aromatic carbocycles. The first-order valence-corrected chi connectivity index (χ1v) is 26.3. The molecule has 0 saturated carbocycles. The summed E-state index contributed by atoms with van der Waals surface area (Å²) < 4.78 is 0. The molecule has 0 radical (unpaired) electrons. The molecule has 1 unspecified atom stereocenters. The van der Waals surface area contributed by atoms with E-state index in [1.54, 1.807) is 6.08 Å². The lowest BCUT2D eigenvalue weighted by Crippen LogP contribution is -2.00. The van der Waals surface area contributed by atoms with Gasteiger partial charge in [0.15, 0.2) is 0 Å². The molecule has 1 aliphatic carbocycles. The maximum absolute atomic E-state index is 3.36. The van der Waals surface area contributed by atoms with E-state index in [4.69, 9.17) is 0 Å². The van der Waals surface area contributed by atoms with Crippen LogP contribution in [0.3, 0.4) is 0 Å². The first-order valence-electron chi connectivity index (χ1n) is 26.3. The molecular weight excluding hydrogens is 901 g/mol. The molecule has 0 nitrogen and oxygen atoms in total. The fourth-order valence-electron chi connectivity index (χ4n) is 12.4. The highest BCUT2D eigenvalue weighted by atomic mass is 14.2. The summed E-state index contributed by atoms with van der Waals surface area (Å²) in [7, 11) is 0. The van der Waals surface area contributed by atoms with Crippen molar-refractivity contribution in [3.05, 3.63) is 285 Å². The smallest absolute Gasteiger partial charge is 0.00622 e. The van der Waals surface area contributed by atoms with Crippen LogP contribution in [0.1, 0.15) is 30.4 Å². The van der Waals surface area contributed by atoms with Gasteiger partial charge in [0, 0.05) is 5.92 Å². The second-order valence-corrected chi connectivity index (χ2v) is 20.2. The molecule has 0 aromatic heterocycles. The van der Waals surface area contributed by atoms with Crippen LogP contribution in [-0.2, 0) is 0 Å². The van der Waals surface area contributed by atoms with Gasteiger partial charge in [0.1, 0.15) is 0 Å². The predicted molar refractivity (Wildman–Crippen MR) is 325 cm³/mol. The highest BCUT2D eigenvalue weighted by Crippen LogP contribution is 2.45. The fraction of sp³-hybridized carbons (Fsp3) is 0.0400. The summed E-state index contributed by atoms with van der Waals surface area (Å²) in [6.07, 6.45) is 9.97. The number of allylic oxidation sites excluding steroid dienone is 5. The van der Waals surface area contributed by atoms with Crippen molar-refractivity contribution in [1.82, 2.24) is 0 Å². The van der Waals surface area contributed by atoms with Crippen LogP contribution < -0.4 is 0 Å². The SMILES string of the molecule is C1=CC(c2cccc3ccccc23)CC=C1c1ccc2ccc3c(-c4ccc(-c5cccc(-c6ccc(-c7ccc8ccc9c(-c%10ccccc%10)ccc%10ccc7c8c%109)cc6)c5)cc4)ccc4ccc1c2c43.C=CC. The Bertz CT molecular complexity index is 4540. The predicted octanol–water partition coefficient (Wildman–Crippen LogP) is 21.3. The molecule has 75 heavy (non-hydrogen) atoms. The summed E-state index contributed by atoms with van der Waals surface area (Å²) in [4.78, 5) is 0. The number of hydrogen-bond acceptors (Lipinski definition) is 0. The Balaban J connectivity index is 0.00000168. The van der Waals surface area contributed by atoms with Crippen molar-refractivity contribution in [2.45, 2.75) is 19.3 Å². The highest BCUT2D eigenvalue weighted by Gasteiger charge is 2.20. The standard InChI is InChI=1S/C72H46.C3H6/c1-2-8-47(9-3-1)61-36-28-53-33-41-66-62(37-29-54-32-40-65(61)69(53)70(54)66)50-20-16-45(17-21-50)57-12-6-13-58(44-57)46-18-22-51(23-19-46)63-38-30-55-35-43-68-64(39-31-56-34-42-67(63)71(55)72(56)68)52-26-24-49(25-27-52)60-15-7-11-48-10-4-5-14-59(48)60;1-3-2/h1-24,26-44,49H,25H2;3H,1H2,2H3. The first-order chi connectivity index (χ1) is 37.1. The fourth-order valence-corrected chi connectivity index (χ4v) is 12.4. The lowest BCUT2D eigenvalue weighted by atomic mass is 9.83. The zero-order chi connectivity index (χ0) is 50.0. The van der Waals surface area contributed by atoms with Gasteiger partial charge in [-0.1, -0.05) is 261 Å². The normalized spacial score (nSPS) is 13.6. The monoisotopic (exact) mass is 952 g/mol. The van der Waals surface area contributed by atoms with E-state index in [-0.39, 0.29) is 0 Å². The van der Waals surface area contributed by atoms with Crippen LogP contribution in [0.25, 0.3) is 137 Å². The average Bonchev–Trinajstić information content (AvgIpc) is 3.48. The van der Waals surface area contributed by atoms with Gasteiger partial charge in [0.2, 0.25) is 0 Å². The molecular formula is C75H52. The Morgan fingerprint density at radius 1 is 0.333 bits per heavy atom. The molecule has 1 atom stereocenters. The van der Waals surface area contributed by atoms with Gasteiger partial charge < -0.3 is 0 Å². The molecule has 0 amide bonds. The van der Waals surface area contributed by atoms with E-state index in [1.807, 2.05) is 6.92 Å². The van der Waals surface area contributed by atoms with E-state index in [2.05, 4.69) is 267 Å². The van der Waals surface area contributed by atoms with E-state index in [9.17, 15) is 0 Å². The largest absolute Gasteiger partial charge is 0.103 e. The molecule has 0 heteroatoms. The van der Waals surface area contributed by atoms with Gasteiger partial charge in [-0.05, 0) is 167 Å². The Morgan fingerprint density at radius 3 is 1.21 bits per heavy atom. The molecule has 15 rings (SSSR count). The zero-order valence-corrected chi connectivity index (χ0v) is 41.9. The van der Waals surface area contributed by atoms with Crippen LogP contribution in [0.2, 0.25) is 0 Å². The van der Waals surface area contributed by atoms with Crippen molar-refractivity contribution in [1.29, 1.82) is 0 Å². The van der Waals surface area contributed by atoms with Crippen LogP contribution in [0.5, 0.6) is 0 Å². The number of fused-ring (bicyclic) bond motifs is 1. The number of rotatable bonds is 7. The van der Waals surface area contributed by atoms with E-state index in [0.717, 1.165) is 6.42 Å². The van der Waals surface area contributed by atoms with Crippen molar-refractivity contribution in [3.8, 4) is 55.6 Å². The van der Waals surface area contributed by atoms with Crippen molar-refractivity contribution in [3.63, 3.8) is 0 Å². The molecule has 0 bridgehead atoms. The van der Waals surface area contributed by atoms with Gasteiger partial charge >= 0.3 is 0 Å². The summed E-state index contributed by atoms with van der Waals surface area (Å²) in [5.41, 5.74) is 16.4. The maximum Gasteiger partial charge on any atom is 0.00622 e. The molecule has 0 saturated heterocycles. The molecule has 0 aliphatic heterocycles. The van der Waals surface area contributed by atoms with E-state index in [1.165, 1.54) is 148 Å². The minimum atomic E-state index is 0.365. The molecule has 0 heterocycles. The average molecular weight is 953 g/mol. The maximum atomic E-state index is 3.36. The second kappa shape index (κ2) is 18.3. The van der Waals surface area contributed by atoms with Crippen LogP contribution in [0, 0.1) is 0 Å². The minimum Gasteiger partial charge on any atom is -0.103 e. The summed E-state index contributed by atoms with van der Waals surface area (Å²) in [5.74, 6) is 0.365. The van der Waals surface area contributed by atoms with Crippen molar-refractivity contribution in [2.24, 2.45) is 0 Å². The summed E-state index contributed by atoms with van der Waals surface area (Å²) in [5, 5.41) is 18.4. The quantitative estimate of drug-likeness (QED) is 0.110. The Hall–Kier alpha value is -9.36. The molecule has 0 spiro atoms. The first kappa shape index (κ1) is 44.3. The minimum absolute atomic E-state index is 0.365. The topological polar surface area (TPSA) is 0 Å². The lowest BCUT2D eigenvalue weighted by Gasteiger charge is -2.21. The number of benzene rings is 14. The van der Waals surface area contributed by atoms with Gasteiger partial charge in [0.25, 0.3) is 0 Å². The van der Waals surface area contributed by atoms with Crippen molar-refractivity contribution in [2.75, 3.05) is 0 Å². The van der Waals surface area contributed by atoms with Crippen LogP contribution in [0.15, 0.2) is 274 Å². The molecule has 352 valence electrons. The van der Waals surface area contributed by atoms with Crippen LogP contribution in [-0.4, -0.2) is 0 Å². The summed E-state index contributed by atoms with van der Waals surface area (Å²) in [6.45, 7) is 5.25. The molecule has 1 aliphatic rings. The highest BCUT2D eigenvalue weighted by molar-refractivity contribution is 6.28. The van der Waals surface area contributed by atoms with Crippen molar-refractivity contribution < 1.29 is 0 Å². The van der Waals surface area contributed by atoms with E-state index >= 15 is 0 Å². The van der Waals surface area contributed by atoms with Gasteiger partial charge in [-0.2, -0.15) is 0 Å². The summed E-state index contributed by atoms with van der Waals surface area (Å²) >= 11 is 0. The molecule has 0 fully saturated rings.